The van der Waals surface area contributed by atoms with E-state index in [9.17, 15) is 9.59 Å². The average Bonchev–Trinajstić information content (AvgIpc) is 2.78. The number of carbonyl (C=O) groups is 2. The molecule has 0 aliphatic carbocycles. The Kier molecular flexibility index (Phi) is 4.40. The molecule has 24 heavy (non-hydrogen) atoms. The van der Waals surface area contributed by atoms with Crippen molar-refractivity contribution in [3.05, 3.63) is 65.2 Å². The first kappa shape index (κ1) is 16.3. The summed E-state index contributed by atoms with van der Waals surface area (Å²) in [6.07, 6.45) is 0.0573. The Morgan fingerprint density at radius 1 is 0.917 bits per heavy atom. The van der Waals surface area contributed by atoms with Gasteiger partial charge in [-0.25, -0.2) is 4.90 Å². The lowest BCUT2D eigenvalue weighted by atomic mass is 10.1. The van der Waals surface area contributed by atoms with Gasteiger partial charge in [-0.15, -0.1) is 0 Å². The fourth-order valence-corrected chi connectivity index (χ4v) is 2.81. The van der Waals surface area contributed by atoms with Gasteiger partial charge in [0.05, 0.1) is 17.4 Å². The molecule has 4 nitrogen and oxygen atoms in total. The Morgan fingerprint density at radius 3 is 2.12 bits per heavy atom. The zero-order valence-corrected chi connectivity index (χ0v) is 14.1. The predicted octanol–water partition coefficient (Wildman–Crippen LogP) is 4.00. The van der Waals surface area contributed by atoms with Crippen molar-refractivity contribution in [1.82, 2.24) is 0 Å². The number of rotatable bonds is 4. The molecule has 0 unspecified atom stereocenters. The molecule has 0 bridgehead atoms. The second-order valence-corrected chi connectivity index (χ2v) is 6.04. The van der Waals surface area contributed by atoms with Gasteiger partial charge in [-0.05, 0) is 43.7 Å². The third-order valence-electron chi connectivity index (χ3n) is 3.56. The molecule has 0 aromatic heterocycles. The summed E-state index contributed by atoms with van der Waals surface area (Å²) in [5, 5.41) is -0.0682. The van der Waals surface area contributed by atoms with Crippen molar-refractivity contribution in [2.45, 2.75) is 20.0 Å². The number of benzene rings is 2. The number of imide groups is 1. The van der Waals surface area contributed by atoms with Crippen LogP contribution >= 0.6 is 11.6 Å². The number of hydrogen-bond donors (Lipinski definition) is 0. The molecule has 1 heterocycles. The first-order valence-corrected chi connectivity index (χ1v) is 7.97. The molecule has 0 atom stereocenters. The molecule has 1 aliphatic heterocycles. The minimum absolute atomic E-state index is 0.0573. The van der Waals surface area contributed by atoms with Crippen LogP contribution in [0.3, 0.4) is 0 Å². The Balaban J connectivity index is 1.93. The molecule has 5 heteroatoms. The molecule has 2 aromatic carbocycles. The number of halogens is 1. The summed E-state index contributed by atoms with van der Waals surface area (Å²) >= 11 is 6.16. The van der Waals surface area contributed by atoms with Crippen LogP contribution < -0.4 is 9.64 Å². The van der Waals surface area contributed by atoms with Crippen LogP contribution in [-0.2, 0) is 9.59 Å². The number of nitrogens with zero attached hydrogens (tertiary/aromatic N) is 1. The molecule has 3 rings (SSSR count). The summed E-state index contributed by atoms with van der Waals surface area (Å²) in [5.41, 5.74) is 1.30. The lowest BCUT2D eigenvalue weighted by molar-refractivity contribution is -0.119. The Hall–Kier alpha value is -2.59. The standard InChI is InChI=1S/C19H16ClNO3/c1-12(2)24-15-10-8-13(9-11-15)16-17(20)19(23)21(18(16)22)14-6-4-3-5-7-14/h3-12H,1-2H3. The van der Waals surface area contributed by atoms with Crippen molar-refractivity contribution in [3.63, 3.8) is 0 Å². The highest BCUT2D eigenvalue weighted by molar-refractivity contribution is 6.60. The Bertz CT molecular complexity index is 810. The number of amides is 2. The number of para-hydroxylation sites is 1. The van der Waals surface area contributed by atoms with Crippen LogP contribution in [0, 0.1) is 0 Å². The summed E-state index contributed by atoms with van der Waals surface area (Å²) in [7, 11) is 0. The van der Waals surface area contributed by atoms with Gasteiger partial charge in [-0.2, -0.15) is 0 Å². The number of hydrogen-bond acceptors (Lipinski definition) is 3. The number of ether oxygens (including phenoxy) is 1. The molecule has 0 radical (unpaired) electrons. The fraction of sp³-hybridized carbons (Fsp3) is 0.158. The van der Waals surface area contributed by atoms with E-state index in [2.05, 4.69) is 0 Å². The van der Waals surface area contributed by atoms with Gasteiger partial charge in [0.25, 0.3) is 11.8 Å². The largest absolute Gasteiger partial charge is 0.491 e. The maximum Gasteiger partial charge on any atom is 0.277 e. The van der Waals surface area contributed by atoms with E-state index in [0.717, 1.165) is 4.90 Å². The number of anilines is 1. The molecule has 0 saturated heterocycles. The molecule has 0 saturated carbocycles. The van der Waals surface area contributed by atoms with E-state index in [4.69, 9.17) is 16.3 Å². The summed E-state index contributed by atoms with van der Waals surface area (Å²) < 4.78 is 5.59. The molecule has 0 fully saturated rings. The van der Waals surface area contributed by atoms with Crippen molar-refractivity contribution >= 4 is 34.7 Å². The van der Waals surface area contributed by atoms with Gasteiger partial charge in [-0.1, -0.05) is 41.9 Å². The zero-order valence-electron chi connectivity index (χ0n) is 13.3. The maximum atomic E-state index is 12.7. The first-order chi connectivity index (χ1) is 11.5. The van der Waals surface area contributed by atoms with E-state index in [1.165, 1.54) is 0 Å². The van der Waals surface area contributed by atoms with Gasteiger partial charge in [0.1, 0.15) is 10.8 Å². The Morgan fingerprint density at radius 2 is 1.54 bits per heavy atom. The van der Waals surface area contributed by atoms with Crippen LogP contribution in [0.15, 0.2) is 59.6 Å². The minimum Gasteiger partial charge on any atom is -0.491 e. The third-order valence-corrected chi connectivity index (χ3v) is 3.91. The van der Waals surface area contributed by atoms with Crippen LogP contribution in [-0.4, -0.2) is 17.9 Å². The molecule has 0 N–H and O–H groups in total. The molecular weight excluding hydrogens is 326 g/mol. The van der Waals surface area contributed by atoms with Crippen LogP contribution in [0.4, 0.5) is 5.69 Å². The van der Waals surface area contributed by atoms with E-state index >= 15 is 0 Å². The molecule has 0 spiro atoms. The minimum atomic E-state index is -0.509. The second-order valence-electron chi connectivity index (χ2n) is 5.66. The van der Waals surface area contributed by atoms with Gasteiger partial charge < -0.3 is 4.74 Å². The quantitative estimate of drug-likeness (QED) is 0.790. The van der Waals surface area contributed by atoms with E-state index in [0.29, 0.717) is 17.0 Å². The normalized spacial score (nSPS) is 14.8. The summed E-state index contributed by atoms with van der Waals surface area (Å²) in [6.45, 7) is 3.87. The monoisotopic (exact) mass is 341 g/mol. The van der Waals surface area contributed by atoms with Gasteiger partial charge in [0.15, 0.2) is 0 Å². The lowest BCUT2D eigenvalue weighted by Crippen LogP contribution is -2.31. The fourth-order valence-electron chi connectivity index (χ4n) is 2.54. The van der Waals surface area contributed by atoms with Crippen molar-refractivity contribution in [1.29, 1.82) is 0 Å². The number of carbonyl (C=O) groups excluding carboxylic acids is 2. The van der Waals surface area contributed by atoms with Crippen LogP contribution in [0.25, 0.3) is 5.57 Å². The second kappa shape index (κ2) is 6.49. The maximum absolute atomic E-state index is 12.7. The average molecular weight is 342 g/mol. The van der Waals surface area contributed by atoms with Crippen LogP contribution in [0.2, 0.25) is 0 Å². The summed E-state index contributed by atoms with van der Waals surface area (Å²) in [6, 6.07) is 15.7. The highest BCUT2D eigenvalue weighted by Gasteiger charge is 2.39. The van der Waals surface area contributed by atoms with Gasteiger partial charge >= 0.3 is 0 Å². The first-order valence-electron chi connectivity index (χ1n) is 7.59. The van der Waals surface area contributed by atoms with Gasteiger partial charge in [-0.3, -0.25) is 9.59 Å². The highest BCUT2D eigenvalue weighted by atomic mass is 35.5. The van der Waals surface area contributed by atoms with Crippen LogP contribution in [0.1, 0.15) is 19.4 Å². The van der Waals surface area contributed by atoms with Crippen molar-refractivity contribution < 1.29 is 14.3 Å². The van der Waals surface area contributed by atoms with Crippen molar-refractivity contribution in [3.8, 4) is 5.75 Å². The molecule has 2 aromatic rings. The molecular formula is C19H16ClNO3. The van der Waals surface area contributed by atoms with E-state index < -0.39 is 11.8 Å². The van der Waals surface area contributed by atoms with Gasteiger partial charge in [0, 0.05) is 0 Å². The van der Waals surface area contributed by atoms with Gasteiger partial charge in [0.2, 0.25) is 0 Å². The molecule has 2 amide bonds. The third kappa shape index (κ3) is 2.93. The molecule has 122 valence electrons. The highest BCUT2D eigenvalue weighted by Crippen LogP contribution is 2.35. The summed E-state index contributed by atoms with van der Waals surface area (Å²) in [5.74, 6) is -0.235. The lowest BCUT2D eigenvalue weighted by Gasteiger charge is -2.14. The SMILES string of the molecule is CC(C)Oc1ccc(C2=C(Cl)C(=O)N(c3ccccc3)C2=O)cc1. The zero-order chi connectivity index (χ0) is 17.3. The van der Waals surface area contributed by atoms with Crippen molar-refractivity contribution in [2.24, 2.45) is 0 Å². The topological polar surface area (TPSA) is 46.6 Å². The molecule has 1 aliphatic rings. The summed E-state index contributed by atoms with van der Waals surface area (Å²) in [4.78, 5) is 26.2. The smallest absolute Gasteiger partial charge is 0.277 e. The van der Waals surface area contributed by atoms with Crippen LogP contribution in [0.5, 0.6) is 5.75 Å². The van der Waals surface area contributed by atoms with E-state index in [1.54, 1.807) is 48.5 Å². The Labute approximate surface area is 145 Å². The van der Waals surface area contributed by atoms with E-state index in [-0.39, 0.29) is 16.7 Å². The van der Waals surface area contributed by atoms with E-state index in [1.807, 2.05) is 19.9 Å². The predicted molar refractivity (Wildman–Crippen MR) is 93.9 cm³/mol. The van der Waals surface area contributed by atoms with Crippen molar-refractivity contribution in [2.75, 3.05) is 4.90 Å².